The van der Waals surface area contributed by atoms with Crippen LogP contribution >= 0.6 is 0 Å². The first-order valence-corrected chi connectivity index (χ1v) is 14.5. The molecule has 43 heavy (non-hydrogen) atoms. The molecule has 0 spiro atoms. The molecule has 0 radical (unpaired) electrons. The van der Waals surface area contributed by atoms with Crippen LogP contribution in [0.2, 0.25) is 0 Å². The molecule has 4 rings (SSSR count). The number of carbonyl (C=O) groups is 5. The number of nitrogens with one attached hydrogen (secondary N) is 3. The van der Waals surface area contributed by atoms with Crippen LogP contribution < -0.4 is 20.7 Å². The van der Waals surface area contributed by atoms with Crippen LogP contribution in [-0.2, 0) is 32.0 Å². The van der Waals surface area contributed by atoms with Crippen molar-refractivity contribution in [2.75, 3.05) is 13.2 Å². The highest BCUT2D eigenvalue weighted by molar-refractivity contribution is 6.38. The van der Waals surface area contributed by atoms with Crippen molar-refractivity contribution in [2.24, 2.45) is 5.92 Å². The molecular formula is C32H42N4O7. The van der Waals surface area contributed by atoms with E-state index in [1.165, 1.54) is 0 Å². The molecule has 0 saturated carbocycles. The lowest BCUT2D eigenvalue weighted by Gasteiger charge is -2.38. The van der Waals surface area contributed by atoms with Gasteiger partial charge in [-0.1, -0.05) is 56.3 Å². The number of hydrogen-bond acceptors (Lipinski definition) is 6. The third kappa shape index (κ3) is 9.29. The Labute approximate surface area is 252 Å². The lowest BCUT2D eigenvalue weighted by Crippen LogP contribution is -2.60. The van der Waals surface area contributed by atoms with Crippen LogP contribution in [0.3, 0.4) is 0 Å². The molecule has 11 nitrogen and oxygen atoms in total. The number of fused-ring (bicyclic) bond motifs is 12. The third-order valence-corrected chi connectivity index (χ3v) is 7.16. The van der Waals surface area contributed by atoms with Crippen molar-refractivity contribution >= 4 is 29.6 Å². The Morgan fingerprint density at radius 2 is 1.67 bits per heavy atom. The van der Waals surface area contributed by atoms with Crippen molar-refractivity contribution < 1.29 is 33.8 Å². The van der Waals surface area contributed by atoms with E-state index in [1.54, 1.807) is 89.2 Å². The lowest BCUT2D eigenvalue weighted by molar-refractivity contribution is -0.143. The van der Waals surface area contributed by atoms with Gasteiger partial charge in [0.25, 0.3) is 5.91 Å². The molecule has 0 aromatic heterocycles. The van der Waals surface area contributed by atoms with Gasteiger partial charge in [0, 0.05) is 24.9 Å². The van der Waals surface area contributed by atoms with E-state index in [9.17, 15) is 29.1 Å². The Morgan fingerprint density at radius 1 is 1.02 bits per heavy atom. The predicted molar refractivity (Wildman–Crippen MR) is 161 cm³/mol. The summed E-state index contributed by atoms with van der Waals surface area (Å²) in [7, 11) is 0. The number of Topliss-reactive ketones (excluding diaryl/α,β-unsaturated/α-hetero) is 1. The zero-order chi connectivity index (χ0) is 31.7. The minimum Gasteiger partial charge on any atom is -0.494 e. The fraction of sp³-hybridized carbons (Fsp3) is 0.469. The van der Waals surface area contributed by atoms with Crippen LogP contribution in [0.4, 0.5) is 4.79 Å². The molecule has 0 saturated heterocycles. The minimum atomic E-state index is -1.35. The van der Waals surface area contributed by atoms with E-state index < -0.39 is 47.4 Å². The zero-order valence-electron chi connectivity index (χ0n) is 25.4. The summed E-state index contributed by atoms with van der Waals surface area (Å²) in [5, 5.41) is 18.2. The number of rotatable bonds is 7. The van der Waals surface area contributed by atoms with E-state index in [0.29, 0.717) is 36.4 Å². The van der Waals surface area contributed by atoms with Crippen LogP contribution in [0.15, 0.2) is 54.6 Å². The molecule has 0 aliphatic carbocycles. The first-order valence-electron chi connectivity index (χ1n) is 14.5. The number of ketones is 1. The van der Waals surface area contributed by atoms with E-state index in [1.807, 2.05) is 0 Å². The Hall–Kier alpha value is -4.41. The number of carbonyl (C=O) groups excluding carboxylic acids is 4. The molecule has 2 aliphatic heterocycles. The number of benzene rings is 2. The summed E-state index contributed by atoms with van der Waals surface area (Å²) in [6, 6.07) is 12.4. The van der Waals surface area contributed by atoms with Gasteiger partial charge in [0.05, 0.1) is 6.61 Å². The highest BCUT2D eigenvalue weighted by atomic mass is 16.5. The molecule has 3 atom stereocenters. The monoisotopic (exact) mass is 594 g/mol. The maximum absolute atomic E-state index is 13.7. The van der Waals surface area contributed by atoms with E-state index in [4.69, 9.17) is 4.74 Å². The molecule has 1 unspecified atom stereocenters. The van der Waals surface area contributed by atoms with Gasteiger partial charge in [-0.3, -0.25) is 24.1 Å². The Morgan fingerprint density at radius 3 is 2.26 bits per heavy atom. The maximum atomic E-state index is 13.7. The number of hydrogen-bond donors (Lipinski definition) is 4. The molecule has 11 heteroatoms. The van der Waals surface area contributed by atoms with Crippen molar-refractivity contribution in [3.05, 3.63) is 65.7 Å². The second kappa shape index (κ2) is 14.7. The minimum absolute atomic E-state index is 0.0167. The van der Waals surface area contributed by atoms with Gasteiger partial charge in [0.1, 0.15) is 23.9 Å². The average molecular weight is 595 g/mol. The largest absolute Gasteiger partial charge is 0.494 e. The van der Waals surface area contributed by atoms with Gasteiger partial charge in [-0.05, 0) is 56.4 Å². The molecular weight excluding hydrogens is 552 g/mol. The van der Waals surface area contributed by atoms with Gasteiger partial charge in [-0.2, -0.15) is 0 Å². The summed E-state index contributed by atoms with van der Waals surface area (Å²) in [4.78, 5) is 67.1. The van der Waals surface area contributed by atoms with Gasteiger partial charge in [0.15, 0.2) is 0 Å². The second-order valence-corrected chi connectivity index (χ2v) is 12.0. The smallest absolute Gasteiger partial charge is 0.408 e. The molecule has 2 aromatic rings. The summed E-state index contributed by atoms with van der Waals surface area (Å²) in [5.74, 6) is -2.75. The van der Waals surface area contributed by atoms with Gasteiger partial charge < -0.3 is 25.8 Å². The first-order chi connectivity index (χ1) is 20.3. The zero-order valence-corrected chi connectivity index (χ0v) is 25.4. The lowest BCUT2D eigenvalue weighted by atomic mass is 9.95. The van der Waals surface area contributed by atoms with Crippen molar-refractivity contribution in [1.29, 1.82) is 0 Å². The van der Waals surface area contributed by atoms with Crippen molar-refractivity contribution in [1.82, 2.24) is 20.9 Å². The number of ether oxygens (including phenoxy) is 1. The van der Waals surface area contributed by atoms with Crippen LogP contribution in [0.1, 0.15) is 52.2 Å². The summed E-state index contributed by atoms with van der Waals surface area (Å²) in [6.07, 6.45) is -0.804. The molecule has 2 aliphatic rings. The van der Waals surface area contributed by atoms with Crippen molar-refractivity contribution in [3.63, 3.8) is 0 Å². The van der Waals surface area contributed by atoms with E-state index >= 15 is 0 Å². The highest BCUT2D eigenvalue weighted by Crippen LogP contribution is 2.22. The Balaban J connectivity index is 1.94. The summed E-state index contributed by atoms with van der Waals surface area (Å²) >= 11 is 0. The summed E-state index contributed by atoms with van der Waals surface area (Å²) < 4.78 is 5.73. The summed E-state index contributed by atoms with van der Waals surface area (Å²) in [5.41, 5.74) is 0.343. The highest BCUT2D eigenvalue weighted by Gasteiger charge is 2.41. The molecule has 2 aromatic carbocycles. The van der Waals surface area contributed by atoms with Gasteiger partial charge >= 0.3 is 6.09 Å². The molecule has 4 amide bonds. The van der Waals surface area contributed by atoms with Crippen molar-refractivity contribution in [3.8, 4) is 5.75 Å². The molecule has 4 N–H and O–H groups in total. The first kappa shape index (κ1) is 33.1. The van der Waals surface area contributed by atoms with Crippen LogP contribution in [-0.4, -0.2) is 76.4 Å². The van der Waals surface area contributed by atoms with E-state index in [2.05, 4.69) is 16.0 Å². The van der Waals surface area contributed by atoms with Gasteiger partial charge in [-0.25, -0.2) is 4.79 Å². The van der Waals surface area contributed by atoms with Crippen LogP contribution in [0.25, 0.3) is 0 Å². The predicted octanol–water partition coefficient (Wildman–Crippen LogP) is 2.71. The Bertz CT molecular complexity index is 1290. The Kier molecular flexibility index (Phi) is 11.3. The molecule has 2 bridgehead atoms. The van der Waals surface area contributed by atoms with Gasteiger partial charge in [0.2, 0.25) is 17.6 Å². The third-order valence-electron chi connectivity index (χ3n) is 7.16. The fourth-order valence-corrected chi connectivity index (χ4v) is 4.95. The van der Waals surface area contributed by atoms with E-state index in [-0.39, 0.29) is 24.7 Å². The van der Waals surface area contributed by atoms with E-state index in [0.717, 1.165) is 4.90 Å². The number of carboxylic acid groups (broad SMARTS) is 1. The quantitative estimate of drug-likeness (QED) is 0.360. The van der Waals surface area contributed by atoms with Crippen molar-refractivity contribution in [2.45, 2.75) is 77.5 Å². The number of nitrogens with zero attached hydrogens (tertiary/aromatic N) is 1. The van der Waals surface area contributed by atoms with Gasteiger partial charge in [-0.15, -0.1) is 0 Å². The topological polar surface area (TPSA) is 154 Å². The number of amides is 4. The molecule has 232 valence electrons. The molecule has 2 heterocycles. The normalized spacial score (nSPS) is 18.7. The maximum Gasteiger partial charge on any atom is 0.408 e. The second-order valence-electron chi connectivity index (χ2n) is 12.0. The summed E-state index contributed by atoms with van der Waals surface area (Å²) in [6.45, 7) is 9.25. The average Bonchev–Trinajstić information content (AvgIpc) is 2.94. The van der Waals surface area contributed by atoms with Crippen LogP contribution in [0, 0.1) is 5.92 Å². The fourth-order valence-electron chi connectivity index (χ4n) is 4.95. The standard InChI is InChI=1S/C32H42N4O7/c1-20(2)26-29(39)33-16-9-17-43-23-14-12-22(13-15-23)18-24(28(38)35-26)34-30(40)27(37)25(19-21-10-7-6-8-11-21)36(31(41)42)32(3,4)5/h6-8,10-15,20,24-26H,9,16-19H2,1-5H3,(H,33,39)(H,34,40)(H,35,38)(H,41,42)/t24-,25?,26-/m0/s1. The van der Waals surface area contributed by atoms with Crippen LogP contribution in [0.5, 0.6) is 5.75 Å². The molecule has 0 fully saturated rings. The SMILES string of the molecule is CC(C)[C@@H]1NC(=O)[C@@H](NC(=O)C(=O)C(Cc2ccccc2)N(C(=O)O)C(C)(C)C)Cc2ccc(cc2)OCCCNC1=O.